The molecule has 222 valence electrons. The third-order valence-corrected chi connectivity index (χ3v) is 8.49. The molecule has 1 atom stereocenters. The van der Waals surface area contributed by atoms with Gasteiger partial charge in [-0.05, 0) is 72.4 Å². The number of nitrogens with zero attached hydrogens (tertiary/aromatic N) is 4. The number of pyridine rings is 1. The van der Waals surface area contributed by atoms with E-state index in [0.717, 1.165) is 29.5 Å². The molecule has 12 heteroatoms. The molecule has 2 fully saturated rings. The summed E-state index contributed by atoms with van der Waals surface area (Å²) in [7, 11) is 4.51. The van der Waals surface area contributed by atoms with Crippen molar-refractivity contribution in [3.05, 3.63) is 70.3 Å². The zero-order valence-electron chi connectivity index (χ0n) is 24.1. The van der Waals surface area contributed by atoms with Crippen molar-refractivity contribution >= 4 is 46.9 Å². The summed E-state index contributed by atoms with van der Waals surface area (Å²) in [5.41, 5.74) is 8.35. The van der Waals surface area contributed by atoms with Gasteiger partial charge >= 0.3 is 0 Å². The molecule has 2 heterocycles. The van der Waals surface area contributed by atoms with Gasteiger partial charge in [0, 0.05) is 12.0 Å². The lowest BCUT2D eigenvalue weighted by Crippen LogP contribution is -2.31. The van der Waals surface area contributed by atoms with E-state index in [1.807, 2.05) is 6.07 Å². The van der Waals surface area contributed by atoms with Crippen LogP contribution in [0.3, 0.4) is 0 Å². The van der Waals surface area contributed by atoms with Crippen molar-refractivity contribution in [1.29, 1.82) is 10.5 Å². The number of amides is 2. The summed E-state index contributed by atoms with van der Waals surface area (Å²) in [6.45, 7) is 0. The van der Waals surface area contributed by atoms with Crippen LogP contribution < -0.4 is 24.8 Å². The zero-order valence-corrected chi connectivity index (χ0v) is 24.9. The number of rotatable bonds is 10. The molecule has 2 N–H and O–H groups in total. The number of hydrogen-bond donors (Lipinski definition) is 1. The van der Waals surface area contributed by atoms with Gasteiger partial charge in [-0.25, -0.2) is 9.88 Å². The first-order chi connectivity index (χ1) is 21.2. The molecule has 1 aromatic heterocycles. The third-order valence-electron chi connectivity index (χ3n) is 7.32. The van der Waals surface area contributed by atoms with Crippen LogP contribution in [-0.2, 0) is 9.59 Å². The minimum atomic E-state index is -0.829. The molecular formula is C32H27N5O6S. The molecule has 1 unspecified atom stereocenters. The number of nitrogens with two attached hydrogens (primary N) is 1. The van der Waals surface area contributed by atoms with Gasteiger partial charge < -0.3 is 19.9 Å². The molecule has 0 radical (unpaired) electrons. The number of methoxy groups -OCH3 is 3. The molecular weight excluding hydrogens is 582 g/mol. The fraction of sp³-hybridized carbons (Fsp3) is 0.250. The number of hydrogen-bond acceptors (Lipinski definition) is 11. The number of ether oxygens (including phenoxy) is 3. The standard InChI is InChI=1S/C32H27N5O6S/c1-41-24-12-17(13-25(42-2)29(24)43-3)4-11-23(38)18-7-9-20(10-8-18)37-27(39)14-26(32(37)40)44-31-22(16-34)28(19-5-6-19)21(15-33)30(35)36-31/h4,7-13,19,26H,5-6,14H2,1-3H3,(H2,35,36). The van der Waals surface area contributed by atoms with E-state index in [2.05, 4.69) is 11.1 Å². The van der Waals surface area contributed by atoms with Crippen LogP contribution >= 0.6 is 11.8 Å². The van der Waals surface area contributed by atoms with E-state index >= 15 is 0 Å². The smallest absolute Gasteiger partial charge is 0.247 e. The summed E-state index contributed by atoms with van der Waals surface area (Å²) in [5, 5.41) is 18.9. The highest BCUT2D eigenvalue weighted by molar-refractivity contribution is 8.00. The van der Waals surface area contributed by atoms with E-state index in [9.17, 15) is 24.9 Å². The Morgan fingerprint density at radius 1 is 1.02 bits per heavy atom. The number of imide groups is 1. The molecule has 1 saturated heterocycles. The predicted molar refractivity (Wildman–Crippen MR) is 163 cm³/mol. The molecule has 0 bridgehead atoms. The molecule has 1 aliphatic heterocycles. The van der Waals surface area contributed by atoms with Gasteiger partial charge in [0.25, 0.3) is 0 Å². The Bertz CT molecular complexity index is 1760. The fourth-order valence-electron chi connectivity index (χ4n) is 5.03. The van der Waals surface area contributed by atoms with Crippen molar-refractivity contribution in [2.24, 2.45) is 0 Å². The molecule has 1 aliphatic carbocycles. The number of anilines is 2. The molecule has 0 spiro atoms. The highest BCUT2D eigenvalue weighted by Crippen LogP contribution is 2.47. The van der Waals surface area contributed by atoms with Crippen molar-refractivity contribution in [1.82, 2.24) is 4.98 Å². The van der Waals surface area contributed by atoms with Gasteiger partial charge in [-0.15, -0.1) is 0 Å². The Labute approximate surface area is 257 Å². The first-order valence-corrected chi connectivity index (χ1v) is 14.4. The van der Waals surface area contributed by atoms with E-state index in [4.69, 9.17) is 19.9 Å². The van der Waals surface area contributed by atoms with Crippen molar-refractivity contribution < 1.29 is 28.6 Å². The van der Waals surface area contributed by atoms with E-state index in [0.29, 0.717) is 39.6 Å². The van der Waals surface area contributed by atoms with E-state index in [1.54, 1.807) is 18.2 Å². The molecule has 5 rings (SSSR count). The highest BCUT2D eigenvalue weighted by Gasteiger charge is 2.42. The molecule has 2 aromatic carbocycles. The van der Waals surface area contributed by atoms with Crippen molar-refractivity contribution in [3.63, 3.8) is 0 Å². The number of carbonyl (C=O) groups is 3. The van der Waals surface area contributed by atoms with Crippen LogP contribution in [0.1, 0.15) is 57.8 Å². The second-order valence-corrected chi connectivity index (χ2v) is 11.2. The van der Waals surface area contributed by atoms with Gasteiger partial charge in [-0.2, -0.15) is 10.5 Å². The number of thioether (sulfide) groups is 1. The van der Waals surface area contributed by atoms with Gasteiger partial charge in [0.05, 0.1) is 43.4 Å². The average Bonchev–Trinajstić information content (AvgIpc) is 3.84. The molecule has 3 aromatic rings. The van der Waals surface area contributed by atoms with Crippen LogP contribution in [0, 0.1) is 22.7 Å². The summed E-state index contributed by atoms with van der Waals surface area (Å²) in [4.78, 5) is 44.5. The molecule has 11 nitrogen and oxygen atoms in total. The summed E-state index contributed by atoms with van der Waals surface area (Å²) in [6.07, 6.45) is 4.58. The van der Waals surface area contributed by atoms with Gasteiger partial charge in [-0.1, -0.05) is 17.8 Å². The van der Waals surface area contributed by atoms with Gasteiger partial charge in [-0.3, -0.25) is 14.4 Å². The molecule has 44 heavy (non-hydrogen) atoms. The number of carbonyl (C=O) groups excluding carboxylic acids is 3. The second-order valence-electron chi connectivity index (χ2n) is 10.0. The third kappa shape index (κ3) is 5.68. The Morgan fingerprint density at radius 2 is 1.66 bits per heavy atom. The maximum absolute atomic E-state index is 13.4. The Hall–Kier alpha value is -5.33. The van der Waals surface area contributed by atoms with Crippen LogP contribution in [0.4, 0.5) is 11.5 Å². The number of ketones is 1. The normalized spacial score (nSPS) is 16.1. The molecule has 2 aliphatic rings. The molecule has 1 saturated carbocycles. The van der Waals surface area contributed by atoms with Crippen LogP contribution in [-0.4, -0.2) is 49.2 Å². The van der Waals surface area contributed by atoms with Gasteiger partial charge in [0.2, 0.25) is 17.6 Å². The maximum atomic E-state index is 13.4. The zero-order chi connectivity index (χ0) is 31.5. The number of nitrogen functional groups attached to an aromatic ring is 1. The van der Waals surface area contributed by atoms with Crippen LogP contribution in [0.2, 0.25) is 0 Å². The van der Waals surface area contributed by atoms with Gasteiger partial charge in [0.1, 0.15) is 23.0 Å². The van der Waals surface area contributed by atoms with Crippen LogP contribution in [0.15, 0.2) is 47.5 Å². The lowest BCUT2D eigenvalue weighted by Gasteiger charge is -2.16. The van der Waals surface area contributed by atoms with E-state index in [1.165, 1.54) is 51.7 Å². The fourth-order valence-corrected chi connectivity index (χ4v) is 6.16. The van der Waals surface area contributed by atoms with Crippen molar-refractivity contribution in [3.8, 4) is 29.4 Å². The summed E-state index contributed by atoms with van der Waals surface area (Å²) < 4.78 is 16.0. The van der Waals surface area contributed by atoms with Gasteiger partial charge in [0.15, 0.2) is 17.3 Å². The molecule has 2 amide bonds. The quantitative estimate of drug-likeness (QED) is 0.193. The number of nitriles is 2. The summed E-state index contributed by atoms with van der Waals surface area (Å²) in [6, 6.07) is 13.7. The largest absolute Gasteiger partial charge is 0.493 e. The SMILES string of the molecule is COc1cc(C=CC(=O)c2ccc(N3C(=O)CC(Sc4nc(N)c(C#N)c(C5CC5)c4C#N)C3=O)cc2)cc(OC)c1OC. The lowest BCUT2D eigenvalue weighted by atomic mass is 10.0. The van der Waals surface area contributed by atoms with Crippen LogP contribution in [0.5, 0.6) is 17.2 Å². The Morgan fingerprint density at radius 3 is 2.20 bits per heavy atom. The predicted octanol–water partition coefficient (Wildman–Crippen LogP) is 4.63. The number of aromatic nitrogens is 1. The monoisotopic (exact) mass is 609 g/mol. The maximum Gasteiger partial charge on any atom is 0.247 e. The Balaban J connectivity index is 1.32. The second kappa shape index (κ2) is 12.5. The first-order valence-electron chi connectivity index (χ1n) is 13.5. The Kier molecular flexibility index (Phi) is 8.56. The van der Waals surface area contributed by atoms with Crippen molar-refractivity contribution in [2.75, 3.05) is 32.0 Å². The number of allylic oxidation sites excluding steroid dienone is 1. The lowest BCUT2D eigenvalue weighted by molar-refractivity contribution is -0.121. The van der Waals surface area contributed by atoms with Crippen molar-refractivity contribution in [2.45, 2.75) is 35.5 Å². The number of benzene rings is 2. The first kappa shape index (κ1) is 30.1. The van der Waals surface area contributed by atoms with E-state index in [-0.39, 0.29) is 40.1 Å². The minimum absolute atomic E-state index is 0.00380. The summed E-state index contributed by atoms with van der Waals surface area (Å²) in [5.74, 6) is 0.211. The summed E-state index contributed by atoms with van der Waals surface area (Å²) >= 11 is 1.00. The topological polar surface area (TPSA) is 169 Å². The highest BCUT2D eigenvalue weighted by atomic mass is 32.2. The average molecular weight is 610 g/mol. The van der Waals surface area contributed by atoms with E-state index < -0.39 is 17.1 Å². The minimum Gasteiger partial charge on any atom is -0.493 e. The van der Waals surface area contributed by atoms with Crippen LogP contribution in [0.25, 0.3) is 6.08 Å².